The quantitative estimate of drug-likeness (QED) is 0.341. The Labute approximate surface area is 181 Å². The zero-order valence-electron chi connectivity index (χ0n) is 18.8. The Hall–Kier alpha value is -1.93. The van der Waals surface area contributed by atoms with Crippen molar-refractivity contribution in [3.05, 3.63) is 18.5 Å². The van der Waals surface area contributed by atoms with Crippen molar-refractivity contribution in [3.63, 3.8) is 0 Å². The summed E-state index contributed by atoms with van der Waals surface area (Å²) in [6.07, 6.45) is 10.0. The molecule has 2 aliphatic rings. The van der Waals surface area contributed by atoms with Gasteiger partial charge in [-0.3, -0.25) is 9.89 Å². The number of hydrogen-bond acceptors (Lipinski definition) is 6. The summed E-state index contributed by atoms with van der Waals surface area (Å²) in [5.41, 5.74) is 0.364. The average Bonchev–Trinajstić information content (AvgIpc) is 3.26. The van der Waals surface area contributed by atoms with Gasteiger partial charge in [0.25, 0.3) is 0 Å². The van der Waals surface area contributed by atoms with E-state index in [1.54, 1.807) is 0 Å². The molecule has 1 aliphatic heterocycles. The van der Waals surface area contributed by atoms with E-state index in [9.17, 15) is 0 Å². The number of rotatable bonds is 10. The van der Waals surface area contributed by atoms with Crippen LogP contribution < -0.4 is 15.5 Å². The summed E-state index contributed by atoms with van der Waals surface area (Å²) in [7, 11) is 1.86. The highest BCUT2D eigenvalue weighted by atomic mass is 16.5. The van der Waals surface area contributed by atoms with Crippen molar-refractivity contribution in [2.24, 2.45) is 10.4 Å². The number of piperazine rings is 1. The van der Waals surface area contributed by atoms with Crippen molar-refractivity contribution in [2.45, 2.75) is 39.0 Å². The lowest BCUT2D eigenvalue weighted by Crippen LogP contribution is -2.50. The summed E-state index contributed by atoms with van der Waals surface area (Å²) in [5, 5.41) is 7.08. The van der Waals surface area contributed by atoms with Crippen LogP contribution in [-0.4, -0.2) is 86.9 Å². The van der Waals surface area contributed by atoms with E-state index in [2.05, 4.69) is 42.3 Å². The summed E-state index contributed by atoms with van der Waals surface area (Å²) in [6.45, 7) is 10.6. The third-order valence-corrected chi connectivity index (χ3v) is 6.43. The maximum atomic E-state index is 5.63. The molecule has 1 aromatic rings. The molecule has 2 fully saturated rings. The van der Waals surface area contributed by atoms with Gasteiger partial charge in [0, 0.05) is 78.5 Å². The van der Waals surface area contributed by atoms with Crippen LogP contribution in [0.3, 0.4) is 0 Å². The molecule has 1 aromatic heterocycles. The fourth-order valence-corrected chi connectivity index (χ4v) is 4.52. The third kappa shape index (κ3) is 6.80. The second-order valence-corrected chi connectivity index (χ2v) is 8.38. The molecular formula is C22H39N7O. The van der Waals surface area contributed by atoms with Gasteiger partial charge in [0.15, 0.2) is 5.96 Å². The molecule has 1 saturated carbocycles. The molecular weight excluding hydrogens is 378 g/mol. The normalized spacial score (nSPS) is 19.8. The molecule has 0 atom stereocenters. The van der Waals surface area contributed by atoms with Crippen molar-refractivity contribution in [2.75, 3.05) is 71.0 Å². The number of anilines is 1. The molecule has 30 heavy (non-hydrogen) atoms. The van der Waals surface area contributed by atoms with E-state index >= 15 is 0 Å². The predicted octanol–water partition coefficient (Wildman–Crippen LogP) is 1.75. The Morgan fingerprint density at radius 1 is 1.13 bits per heavy atom. The van der Waals surface area contributed by atoms with E-state index in [1.807, 2.05) is 25.5 Å². The minimum Gasteiger partial charge on any atom is -0.382 e. The molecule has 2 heterocycles. The van der Waals surface area contributed by atoms with Gasteiger partial charge in [-0.25, -0.2) is 9.97 Å². The lowest BCUT2D eigenvalue weighted by atomic mass is 9.83. The molecule has 0 bridgehead atoms. The minimum atomic E-state index is 0.364. The van der Waals surface area contributed by atoms with Gasteiger partial charge in [-0.1, -0.05) is 12.8 Å². The fraction of sp³-hybridized carbons (Fsp3) is 0.773. The molecule has 0 spiro atoms. The molecule has 168 valence electrons. The van der Waals surface area contributed by atoms with E-state index in [4.69, 9.17) is 4.74 Å². The highest BCUT2D eigenvalue weighted by molar-refractivity contribution is 5.79. The van der Waals surface area contributed by atoms with Gasteiger partial charge >= 0.3 is 0 Å². The predicted molar refractivity (Wildman–Crippen MR) is 122 cm³/mol. The van der Waals surface area contributed by atoms with Crippen molar-refractivity contribution in [3.8, 4) is 0 Å². The van der Waals surface area contributed by atoms with E-state index in [0.29, 0.717) is 5.41 Å². The zero-order chi connectivity index (χ0) is 21.1. The van der Waals surface area contributed by atoms with Gasteiger partial charge in [0.2, 0.25) is 5.95 Å². The summed E-state index contributed by atoms with van der Waals surface area (Å²) < 4.78 is 5.63. The first kappa shape index (κ1) is 22.7. The molecule has 8 heteroatoms. The van der Waals surface area contributed by atoms with E-state index in [1.165, 1.54) is 25.7 Å². The summed E-state index contributed by atoms with van der Waals surface area (Å²) in [4.78, 5) is 17.9. The standard InChI is InChI=1S/C22H39N7O/c1-3-30-18-9-22(7-4-5-8-22)19-27-20(23-2)24-12-13-28-14-16-29(17-15-28)21-25-10-6-11-26-21/h6,10-11H,3-5,7-9,12-19H2,1-2H3,(H2,23,24,27). The van der Waals surface area contributed by atoms with Gasteiger partial charge in [-0.15, -0.1) is 0 Å². The number of hydrogen-bond donors (Lipinski definition) is 2. The average molecular weight is 418 g/mol. The molecule has 3 rings (SSSR count). The second kappa shape index (κ2) is 12.1. The first-order chi connectivity index (χ1) is 14.7. The number of aliphatic imine (C=N–C) groups is 1. The van der Waals surface area contributed by atoms with Gasteiger partial charge < -0.3 is 20.3 Å². The summed E-state index contributed by atoms with van der Waals surface area (Å²) >= 11 is 0. The molecule has 0 radical (unpaired) electrons. The van der Waals surface area contributed by atoms with Crippen molar-refractivity contribution in [1.82, 2.24) is 25.5 Å². The van der Waals surface area contributed by atoms with Crippen LogP contribution in [0.1, 0.15) is 39.0 Å². The van der Waals surface area contributed by atoms with Crippen LogP contribution in [0.15, 0.2) is 23.5 Å². The Morgan fingerprint density at radius 2 is 1.87 bits per heavy atom. The Morgan fingerprint density at radius 3 is 2.53 bits per heavy atom. The van der Waals surface area contributed by atoms with Crippen LogP contribution in [0, 0.1) is 5.41 Å². The maximum Gasteiger partial charge on any atom is 0.225 e. The Balaban J connectivity index is 1.34. The molecule has 1 aliphatic carbocycles. The Bertz CT molecular complexity index is 626. The summed E-state index contributed by atoms with van der Waals surface area (Å²) in [6, 6.07) is 1.86. The summed E-state index contributed by atoms with van der Waals surface area (Å²) in [5.74, 6) is 1.75. The van der Waals surface area contributed by atoms with Gasteiger partial charge in [0.05, 0.1) is 0 Å². The molecule has 0 aromatic carbocycles. The van der Waals surface area contributed by atoms with E-state index in [-0.39, 0.29) is 0 Å². The largest absolute Gasteiger partial charge is 0.382 e. The van der Waals surface area contributed by atoms with Gasteiger partial charge in [-0.2, -0.15) is 0 Å². The third-order valence-electron chi connectivity index (χ3n) is 6.43. The first-order valence-corrected chi connectivity index (χ1v) is 11.5. The lowest BCUT2D eigenvalue weighted by molar-refractivity contribution is 0.105. The van der Waals surface area contributed by atoms with Crippen LogP contribution in [0.25, 0.3) is 0 Å². The van der Waals surface area contributed by atoms with Crippen molar-refractivity contribution < 1.29 is 4.74 Å². The van der Waals surface area contributed by atoms with Crippen LogP contribution in [0.4, 0.5) is 5.95 Å². The second-order valence-electron chi connectivity index (χ2n) is 8.38. The Kier molecular flexibility index (Phi) is 9.14. The van der Waals surface area contributed by atoms with Crippen molar-refractivity contribution >= 4 is 11.9 Å². The highest BCUT2D eigenvalue weighted by Gasteiger charge is 2.33. The van der Waals surface area contributed by atoms with Gasteiger partial charge in [0.1, 0.15) is 0 Å². The topological polar surface area (TPSA) is 77.9 Å². The number of nitrogens with zero attached hydrogens (tertiary/aromatic N) is 5. The highest BCUT2D eigenvalue weighted by Crippen LogP contribution is 2.40. The van der Waals surface area contributed by atoms with Crippen LogP contribution in [0.5, 0.6) is 0 Å². The molecule has 0 unspecified atom stereocenters. The smallest absolute Gasteiger partial charge is 0.225 e. The molecule has 8 nitrogen and oxygen atoms in total. The lowest BCUT2D eigenvalue weighted by Gasteiger charge is -2.34. The number of guanidine groups is 1. The zero-order valence-corrected chi connectivity index (χ0v) is 18.8. The number of aromatic nitrogens is 2. The van der Waals surface area contributed by atoms with E-state index < -0.39 is 0 Å². The molecule has 2 N–H and O–H groups in total. The fourth-order valence-electron chi connectivity index (χ4n) is 4.52. The number of nitrogens with one attached hydrogen (secondary N) is 2. The van der Waals surface area contributed by atoms with Crippen LogP contribution in [-0.2, 0) is 4.74 Å². The monoisotopic (exact) mass is 417 g/mol. The molecule has 1 saturated heterocycles. The molecule has 0 amide bonds. The van der Waals surface area contributed by atoms with Crippen molar-refractivity contribution in [1.29, 1.82) is 0 Å². The maximum absolute atomic E-state index is 5.63. The SMILES string of the molecule is CCOCCC1(CNC(=NC)NCCN2CCN(c3ncccn3)CC2)CCCC1. The number of ether oxygens (including phenoxy) is 1. The van der Waals surface area contributed by atoms with Crippen LogP contribution >= 0.6 is 0 Å². The first-order valence-electron chi connectivity index (χ1n) is 11.5. The van der Waals surface area contributed by atoms with Crippen LogP contribution in [0.2, 0.25) is 0 Å². The van der Waals surface area contributed by atoms with E-state index in [0.717, 1.165) is 77.4 Å². The minimum absolute atomic E-state index is 0.364. The van der Waals surface area contributed by atoms with Gasteiger partial charge in [-0.05, 0) is 37.7 Å².